The molecular formula is C15H22N2O. The van der Waals surface area contributed by atoms with E-state index in [-0.39, 0.29) is 0 Å². The van der Waals surface area contributed by atoms with Gasteiger partial charge in [-0.15, -0.1) is 0 Å². The molecule has 2 aliphatic heterocycles. The van der Waals surface area contributed by atoms with Crippen LogP contribution in [-0.2, 0) is 4.74 Å². The van der Waals surface area contributed by atoms with Gasteiger partial charge in [0.25, 0.3) is 0 Å². The van der Waals surface area contributed by atoms with E-state index in [1.807, 2.05) is 0 Å². The van der Waals surface area contributed by atoms with Gasteiger partial charge in [-0.05, 0) is 31.4 Å². The molecule has 0 N–H and O–H groups in total. The van der Waals surface area contributed by atoms with Crippen molar-refractivity contribution in [2.75, 3.05) is 37.7 Å². The fourth-order valence-electron chi connectivity index (χ4n) is 2.92. The molecule has 2 aliphatic rings. The maximum Gasteiger partial charge on any atom is 0.110 e. The van der Waals surface area contributed by atoms with Gasteiger partial charge in [0.1, 0.15) is 6.23 Å². The van der Waals surface area contributed by atoms with Gasteiger partial charge in [0, 0.05) is 38.5 Å². The van der Waals surface area contributed by atoms with Crippen molar-refractivity contribution in [2.45, 2.75) is 25.5 Å². The number of anilines is 1. The number of piperazine rings is 1. The standard InChI is InChI=1S/C15H22N2O/c1-2-6-14(7-3-1)16-9-11-17(12-10-16)15-8-4-5-13-18-15/h1-3,6-7,15H,4-5,8-13H2/t15-/m0/s1. The molecule has 3 nitrogen and oxygen atoms in total. The van der Waals surface area contributed by atoms with Crippen LogP contribution in [-0.4, -0.2) is 43.9 Å². The molecule has 18 heavy (non-hydrogen) atoms. The molecule has 0 aromatic heterocycles. The fourth-order valence-corrected chi connectivity index (χ4v) is 2.92. The van der Waals surface area contributed by atoms with Crippen LogP contribution in [0.25, 0.3) is 0 Å². The molecule has 0 saturated carbocycles. The van der Waals surface area contributed by atoms with Crippen molar-refractivity contribution in [3.8, 4) is 0 Å². The molecule has 1 atom stereocenters. The van der Waals surface area contributed by atoms with Crippen molar-refractivity contribution in [1.29, 1.82) is 0 Å². The van der Waals surface area contributed by atoms with Crippen molar-refractivity contribution in [1.82, 2.24) is 4.90 Å². The molecule has 0 unspecified atom stereocenters. The fraction of sp³-hybridized carbons (Fsp3) is 0.600. The van der Waals surface area contributed by atoms with Crippen LogP contribution in [0, 0.1) is 0 Å². The van der Waals surface area contributed by atoms with Gasteiger partial charge in [0.05, 0.1) is 0 Å². The van der Waals surface area contributed by atoms with Crippen LogP contribution in [0.15, 0.2) is 30.3 Å². The number of hydrogen-bond donors (Lipinski definition) is 0. The summed E-state index contributed by atoms with van der Waals surface area (Å²) in [5.74, 6) is 0. The first-order chi connectivity index (χ1) is 8.93. The van der Waals surface area contributed by atoms with E-state index in [4.69, 9.17) is 4.74 Å². The Bertz CT molecular complexity index is 354. The van der Waals surface area contributed by atoms with Crippen molar-refractivity contribution in [3.63, 3.8) is 0 Å². The first kappa shape index (κ1) is 12.0. The quantitative estimate of drug-likeness (QED) is 0.796. The molecule has 1 aromatic rings. The summed E-state index contributed by atoms with van der Waals surface area (Å²) in [6.45, 7) is 5.43. The molecule has 0 aliphatic carbocycles. The van der Waals surface area contributed by atoms with E-state index >= 15 is 0 Å². The predicted molar refractivity (Wildman–Crippen MR) is 73.8 cm³/mol. The lowest BCUT2D eigenvalue weighted by Gasteiger charge is -2.41. The topological polar surface area (TPSA) is 15.7 Å². The van der Waals surface area contributed by atoms with Gasteiger partial charge < -0.3 is 9.64 Å². The number of hydrogen-bond acceptors (Lipinski definition) is 3. The average Bonchev–Trinajstić information content (AvgIpc) is 2.49. The molecule has 98 valence electrons. The number of nitrogens with zero attached hydrogens (tertiary/aromatic N) is 2. The highest BCUT2D eigenvalue weighted by Gasteiger charge is 2.25. The van der Waals surface area contributed by atoms with Crippen LogP contribution in [0.4, 0.5) is 5.69 Å². The summed E-state index contributed by atoms with van der Waals surface area (Å²) in [5, 5.41) is 0. The number of para-hydroxylation sites is 1. The average molecular weight is 246 g/mol. The molecule has 0 bridgehead atoms. The lowest BCUT2D eigenvalue weighted by molar-refractivity contribution is -0.0872. The molecular weight excluding hydrogens is 224 g/mol. The molecule has 1 aromatic carbocycles. The second-order valence-electron chi connectivity index (χ2n) is 5.18. The van der Waals surface area contributed by atoms with Gasteiger partial charge in [0.2, 0.25) is 0 Å². The van der Waals surface area contributed by atoms with Crippen LogP contribution in [0.5, 0.6) is 0 Å². The molecule has 2 saturated heterocycles. The highest BCUT2D eigenvalue weighted by molar-refractivity contribution is 5.46. The minimum atomic E-state index is 0.386. The third kappa shape index (κ3) is 2.68. The van der Waals surface area contributed by atoms with Gasteiger partial charge in [-0.1, -0.05) is 18.2 Å². The van der Waals surface area contributed by atoms with Gasteiger partial charge in [0.15, 0.2) is 0 Å². The summed E-state index contributed by atoms with van der Waals surface area (Å²) in [5.41, 5.74) is 1.35. The summed E-state index contributed by atoms with van der Waals surface area (Å²) in [6.07, 6.45) is 4.16. The van der Waals surface area contributed by atoms with Crippen LogP contribution in [0.1, 0.15) is 19.3 Å². The van der Waals surface area contributed by atoms with Gasteiger partial charge in [-0.25, -0.2) is 0 Å². The monoisotopic (exact) mass is 246 g/mol. The van der Waals surface area contributed by atoms with Crippen molar-refractivity contribution >= 4 is 5.69 Å². The third-order valence-corrected chi connectivity index (χ3v) is 4.00. The summed E-state index contributed by atoms with van der Waals surface area (Å²) >= 11 is 0. The summed E-state index contributed by atoms with van der Waals surface area (Å²) in [7, 11) is 0. The highest BCUT2D eigenvalue weighted by Crippen LogP contribution is 2.20. The molecule has 2 fully saturated rings. The zero-order valence-corrected chi connectivity index (χ0v) is 10.9. The maximum absolute atomic E-state index is 5.87. The van der Waals surface area contributed by atoms with E-state index in [1.165, 1.54) is 24.9 Å². The Kier molecular flexibility index (Phi) is 3.81. The maximum atomic E-state index is 5.87. The summed E-state index contributed by atoms with van der Waals surface area (Å²) < 4.78 is 5.87. The minimum Gasteiger partial charge on any atom is -0.369 e. The predicted octanol–water partition coefficient (Wildman–Crippen LogP) is 2.34. The van der Waals surface area contributed by atoms with E-state index < -0.39 is 0 Å². The van der Waals surface area contributed by atoms with Crippen LogP contribution in [0.2, 0.25) is 0 Å². The Hall–Kier alpha value is -1.06. The van der Waals surface area contributed by atoms with Crippen LogP contribution < -0.4 is 4.90 Å². The molecule has 3 heteroatoms. The van der Waals surface area contributed by atoms with E-state index in [0.29, 0.717) is 6.23 Å². The van der Waals surface area contributed by atoms with Crippen molar-refractivity contribution in [3.05, 3.63) is 30.3 Å². The number of rotatable bonds is 2. The summed E-state index contributed by atoms with van der Waals surface area (Å²) in [6, 6.07) is 10.7. The smallest absolute Gasteiger partial charge is 0.110 e. The van der Waals surface area contributed by atoms with Gasteiger partial charge in [-0.2, -0.15) is 0 Å². The summed E-state index contributed by atoms with van der Waals surface area (Å²) in [4.78, 5) is 4.98. The number of benzene rings is 1. The Morgan fingerprint density at radius 3 is 2.39 bits per heavy atom. The Labute approximate surface area is 109 Å². The Balaban J connectivity index is 1.54. The Morgan fingerprint density at radius 2 is 1.72 bits per heavy atom. The van der Waals surface area contributed by atoms with Crippen molar-refractivity contribution < 1.29 is 4.74 Å². The molecule has 2 heterocycles. The normalized spacial score (nSPS) is 26.2. The molecule has 0 amide bonds. The first-order valence-corrected chi connectivity index (χ1v) is 7.09. The second kappa shape index (κ2) is 5.72. The first-order valence-electron chi connectivity index (χ1n) is 7.09. The van der Waals surface area contributed by atoms with Crippen molar-refractivity contribution in [2.24, 2.45) is 0 Å². The number of ether oxygens (including phenoxy) is 1. The second-order valence-corrected chi connectivity index (χ2v) is 5.18. The van der Waals surface area contributed by atoms with E-state index in [0.717, 1.165) is 32.8 Å². The van der Waals surface area contributed by atoms with Crippen LogP contribution >= 0.6 is 0 Å². The van der Waals surface area contributed by atoms with Gasteiger partial charge in [-0.3, -0.25) is 4.90 Å². The highest BCUT2D eigenvalue weighted by atomic mass is 16.5. The minimum absolute atomic E-state index is 0.386. The van der Waals surface area contributed by atoms with E-state index in [9.17, 15) is 0 Å². The Morgan fingerprint density at radius 1 is 0.944 bits per heavy atom. The largest absolute Gasteiger partial charge is 0.369 e. The molecule has 0 spiro atoms. The zero-order chi connectivity index (χ0) is 12.2. The SMILES string of the molecule is c1ccc(N2CCN([C@@H]3CCCCO3)CC2)cc1. The van der Waals surface area contributed by atoms with Crippen LogP contribution in [0.3, 0.4) is 0 Å². The molecule has 3 rings (SSSR count). The zero-order valence-electron chi connectivity index (χ0n) is 10.9. The van der Waals surface area contributed by atoms with E-state index in [1.54, 1.807) is 0 Å². The van der Waals surface area contributed by atoms with Gasteiger partial charge >= 0.3 is 0 Å². The molecule has 0 radical (unpaired) electrons. The third-order valence-electron chi connectivity index (χ3n) is 4.00. The lowest BCUT2D eigenvalue weighted by atomic mass is 10.1. The lowest BCUT2D eigenvalue weighted by Crippen LogP contribution is -2.51. The van der Waals surface area contributed by atoms with E-state index in [2.05, 4.69) is 40.1 Å².